The molecular weight excluding hydrogens is 716 g/mol. The summed E-state index contributed by atoms with van der Waals surface area (Å²) in [5.74, 6) is 0.136. The standard InChI is InChI=1S/C16H10F3N3O2S.C15H16Cl3N3O2/c1-7-11-10(14(24-7)22-15-20-5-6-25-15)13(23)8-3-2-4-9(12(8)21-11)16(17,18)19;1-2-4-20(15(22)21-5-3-19-10-21)6-7-23-14-12(17)8-11(16)9-13(14)18/h2-7H,1H3,(H,21,23);3,5,8-10H,2,4,6-7H2,1H3/b22-14+;. The van der Waals surface area contributed by atoms with Gasteiger partial charge < -0.3 is 19.5 Å². The molecule has 1 N–H and O–H groups in total. The maximum Gasteiger partial charge on any atom is 0.418 e. The van der Waals surface area contributed by atoms with E-state index in [1.54, 1.807) is 47.9 Å². The highest BCUT2D eigenvalue weighted by molar-refractivity contribution is 7.13. The van der Waals surface area contributed by atoms with E-state index in [0.717, 1.165) is 12.5 Å². The number of thiazole rings is 1. The molecule has 17 heteroatoms. The lowest BCUT2D eigenvalue weighted by Gasteiger charge is -2.22. The summed E-state index contributed by atoms with van der Waals surface area (Å²) >= 11 is 19.3. The number of pyridine rings is 1. The van der Waals surface area contributed by atoms with Crippen LogP contribution in [0.25, 0.3) is 10.9 Å². The molecule has 252 valence electrons. The molecule has 6 rings (SSSR count). The van der Waals surface area contributed by atoms with Gasteiger partial charge in [0.2, 0.25) is 11.0 Å². The largest absolute Gasteiger partial charge is 0.506 e. The molecule has 0 saturated heterocycles. The Bertz CT molecular complexity index is 1920. The molecule has 1 aliphatic rings. The Labute approximate surface area is 291 Å². The van der Waals surface area contributed by atoms with Gasteiger partial charge in [-0.25, -0.2) is 19.7 Å². The minimum atomic E-state index is -4.58. The van der Waals surface area contributed by atoms with Crippen molar-refractivity contribution in [3.05, 3.63) is 92.5 Å². The third-order valence-electron chi connectivity index (χ3n) is 6.89. The number of aromatic nitrogens is 4. The van der Waals surface area contributed by atoms with Crippen LogP contribution >= 0.6 is 46.1 Å². The van der Waals surface area contributed by atoms with E-state index in [1.807, 2.05) is 6.92 Å². The van der Waals surface area contributed by atoms with Crippen LogP contribution in [0.2, 0.25) is 15.1 Å². The molecule has 0 spiro atoms. The average Bonchev–Trinajstić information content (AvgIpc) is 3.81. The summed E-state index contributed by atoms with van der Waals surface area (Å²) in [5, 5.41) is 13.9. The Morgan fingerprint density at radius 2 is 1.94 bits per heavy atom. The van der Waals surface area contributed by atoms with Gasteiger partial charge in [-0.2, -0.15) is 18.2 Å². The number of nitrogens with zero attached hydrogens (tertiary/aromatic N) is 6. The third-order valence-corrected chi connectivity index (χ3v) is 8.33. The molecule has 0 radical (unpaired) electrons. The van der Waals surface area contributed by atoms with Gasteiger partial charge in [0, 0.05) is 40.9 Å². The molecule has 1 unspecified atom stereocenters. The van der Waals surface area contributed by atoms with Crippen LogP contribution in [0, 0.1) is 0 Å². The number of hydrogen-bond acceptors (Lipinski definition) is 9. The van der Waals surface area contributed by atoms with Crippen molar-refractivity contribution in [2.24, 2.45) is 4.99 Å². The second-order valence-electron chi connectivity index (χ2n) is 10.2. The maximum absolute atomic E-state index is 13.2. The van der Waals surface area contributed by atoms with E-state index in [1.165, 1.54) is 34.4 Å². The summed E-state index contributed by atoms with van der Waals surface area (Å²) in [6, 6.07) is 6.52. The number of benzene rings is 2. The van der Waals surface area contributed by atoms with Crippen LogP contribution in [-0.4, -0.2) is 61.2 Å². The predicted molar refractivity (Wildman–Crippen MR) is 178 cm³/mol. The van der Waals surface area contributed by atoms with Crippen molar-refractivity contribution in [2.45, 2.75) is 32.5 Å². The van der Waals surface area contributed by atoms with Gasteiger partial charge in [0.1, 0.15) is 30.4 Å². The zero-order valence-electron chi connectivity index (χ0n) is 25.2. The molecule has 1 aliphatic heterocycles. The van der Waals surface area contributed by atoms with Gasteiger partial charge in [0.05, 0.1) is 33.4 Å². The van der Waals surface area contributed by atoms with Gasteiger partial charge in [-0.05, 0) is 37.6 Å². The summed E-state index contributed by atoms with van der Waals surface area (Å²) in [6.07, 6.45) is 1.84. The Balaban J connectivity index is 0.000000189. The van der Waals surface area contributed by atoms with Crippen molar-refractivity contribution in [1.29, 1.82) is 0 Å². The number of hydrogen-bond donors (Lipinski definition) is 1. The minimum absolute atomic E-state index is 0.00175. The number of para-hydroxylation sites is 1. The minimum Gasteiger partial charge on any atom is -0.506 e. The smallest absolute Gasteiger partial charge is 0.418 e. The zero-order chi connectivity index (χ0) is 34.6. The number of carbonyl (C=O) groups excluding carboxylic acids is 1. The molecule has 48 heavy (non-hydrogen) atoms. The number of ether oxygens (including phenoxy) is 2. The Hall–Kier alpha value is -4.11. The number of imidazole rings is 1. The van der Waals surface area contributed by atoms with Crippen LogP contribution in [0.1, 0.15) is 43.2 Å². The fraction of sp³-hybridized carbons (Fsp3) is 0.258. The lowest BCUT2D eigenvalue weighted by Crippen LogP contribution is -2.37. The predicted octanol–water partition coefficient (Wildman–Crippen LogP) is 9.19. The van der Waals surface area contributed by atoms with Crippen LogP contribution < -0.4 is 4.74 Å². The highest BCUT2D eigenvalue weighted by atomic mass is 35.5. The third kappa shape index (κ3) is 7.78. The first kappa shape index (κ1) is 35.2. The molecule has 10 nitrogen and oxygen atoms in total. The van der Waals surface area contributed by atoms with Gasteiger partial charge >= 0.3 is 12.2 Å². The van der Waals surface area contributed by atoms with E-state index >= 15 is 0 Å². The first-order valence-corrected chi connectivity index (χ1v) is 16.3. The normalized spacial score (nSPS) is 14.8. The SMILES string of the molecule is CC1O/C(=N/c2nccs2)c2c1nc1c(C(F)(F)F)cccc1c2O.CCCN(CCOc1c(Cl)cc(Cl)cc1Cl)C(=O)n1ccnc1. The first-order chi connectivity index (χ1) is 22.9. The summed E-state index contributed by atoms with van der Waals surface area (Å²) in [7, 11) is 0. The Morgan fingerprint density at radius 1 is 1.19 bits per heavy atom. The quantitative estimate of drug-likeness (QED) is 0.177. The van der Waals surface area contributed by atoms with Crippen LogP contribution in [0.4, 0.5) is 23.1 Å². The number of carbonyl (C=O) groups is 1. The van der Waals surface area contributed by atoms with Crippen LogP contribution in [0.3, 0.4) is 0 Å². The molecule has 0 aliphatic carbocycles. The molecule has 1 atom stereocenters. The van der Waals surface area contributed by atoms with Crippen LogP contribution in [0.5, 0.6) is 11.5 Å². The molecule has 1 amide bonds. The number of rotatable bonds is 7. The van der Waals surface area contributed by atoms with E-state index in [9.17, 15) is 23.1 Å². The number of aromatic hydroxyl groups is 1. The zero-order valence-corrected chi connectivity index (χ0v) is 28.3. The second kappa shape index (κ2) is 15.0. The van der Waals surface area contributed by atoms with E-state index in [4.69, 9.17) is 44.3 Å². The van der Waals surface area contributed by atoms with E-state index in [-0.39, 0.29) is 46.4 Å². The van der Waals surface area contributed by atoms with Crippen LogP contribution in [-0.2, 0) is 10.9 Å². The lowest BCUT2D eigenvalue weighted by atomic mass is 10.0. The molecule has 4 heterocycles. The number of fused-ring (bicyclic) bond motifs is 2. The molecule has 3 aromatic heterocycles. The van der Waals surface area contributed by atoms with Crippen LogP contribution in [0.15, 0.2) is 65.6 Å². The lowest BCUT2D eigenvalue weighted by molar-refractivity contribution is -0.136. The Kier molecular flexibility index (Phi) is 11.0. The molecular formula is C31H26Cl3F3N6O4S. The number of aliphatic imine (C=N–C) groups is 1. The highest BCUT2D eigenvalue weighted by Gasteiger charge is 2.37. The first-order valence-electron chi connectivity index (χ1n) is 14.3. The summed E-state index contributed by atoms with van der Waals surface area (Å²) in [5.41, 5.74) is -0.788. The topological polar surface area (TPSA) is 115 Å². The summed E-state index contributed by atoms with van der Waals surface area (Å²) in [6.45, 7) is 4.92. The average molecular weight is 742 g/mol. The van der Waals surface area contributed by atoms with Gasteiger partial charge in [-0.1, -0.05) is 47.8 Å². The van der Waals surface area contributed by atoms with Gasteiger partial charge in [-0.15, -0.1) is 11.3 Å². The molecule has 0 fully saturated rings. The Morgan fingerprint density at radius 3 is 2.56 bits per heavy atom. The van der Waals surface area contributed by atoms with Crippen molar-refractivity contribution >= 4 is 74.1 Å². The highest BCUT2D eigenvalue weighted by Crippen LogP contribution is 2.43. The van der Waals surface area contributed by atoms with Crippen molar-refractivity contribution in [3.63, 3.8) is 0 Å². The van der Waals surface area contributed by atoms with Crippen molar-refractivity contribution in [2.75, 3.05) is 19.7 Å². The monoisotopic (exact) mass is 740 g/mol. The van der Waals surface area contributed by atoms with Gasteiger partial charge in [-0.3, -0.25) is 4.57 Å². The number of alkyl halides is 3. The van der Waals surface area contributed by atoms with E-state index in [0.29, 0.717) is 39.0 Å². The number of halogens is 6. The fourth-order valence-electron chi connectivity index (χ4n) is 4.78. The van der Waals surface area contributed by atoms with Crippen molar-refractivity contribution in [1.82, 2.24) is 24.4 Å². The molecule has 2 aromatic carbocycles. The molecule has 0 saturated carbocycles. The molecule has 5 aromatic rings. The summed E-state index contributed by atoms with van der Waals surface area (Å²) < 4.78 is 52.4. The maximum atomic E-state index is 13.2. The van der Waals surface area contributed by atoms with Crippen molar-refractivity contribution in [3.8, 4) is 11.5 Å². The van der Waals surface area contributed by atoms with E-state index < -0.39 is 17.8 Å². The van der Waals surface area contributed by atoms with E-state index in [2.05, 4.69) is 19.9 Å². The fourth-order valence-corrected chi connectivity index (χ4v) is 6.20. The van der Waals surface area contributed by atoms with Gasteiger partial charge in [0.15, 0.2) is 5.75 Å². The second-order valence-corrected chi connectivity index (χ2v) is 12.3. The summed E-state index contributed by atoms with van der Waals surface area (Å²) in [4.78, 5) is 30.3. The van der Waals surface area contributed by atoms with Gasteiger partial charge in [0.25, 0.3) is 0 Å². The molecule has 0 bridgehead atoms. The number of amides is 1. The van der Waals surface area contributed by atoms with Crippen molar-refractivity contribution < 1.29 is 32.5 Å².